The van der Waals surface area contributed by atoms with E-state index in [1.54, 1.807) is 4.90 Å². The minimum Gasteiger partial charge on any atom is -0.338 e. The van der Waals surface area contributed by atoms with Gasteiger partial charge in [-0.25, -0.2) is 0 Å². The highest BCUT2D eigenvalue weighted by molar-refractivity contribution is 5.91. The lowest BCUT2D eigenvalue weighted by molar-refractivity contribution is -0.145. The highest BCUT2D eigenvalue weighted by Gasteiger charge is 2.38. The van der Waals surface area contributed by atoms with Crippen LogP contribution in [0.2, 0.25) is 0 Å². The molecule has 2 atom stereocenters. The number of hydrogen-bond acceptors (Lipinski definition) is 4. The fourth-order valence-corrected chi connectivity index (χ4v) is 3.51. The Hall–Kier alpha value is -1.92. The summed E-state index contributed by atoms with van der Waals surface area (Å²) < 4.78 is 0. The van der Waals surface area contributed by atoms with Crippen LogP contribution in [0.15, 0.2) is 30.3 Å². The molecule has 6 heteroatoms. The normalized spacial score (nSPS) is 23.3. The molecule has 2 amide bonds. The van der Waals surface area contributed by atoms with Crippen molar-refractivity contribution in [1.82, 2.24) is 14.7 Å². The number of carbonyl (C=O) groups is 2. The summed E-state index contributed by atoms with van der Waals surface area (Å²) in [5.74, 6) is -0.0691. The maximum atomic E-state index is 12.9. The molecular weight excluding hydrogens is 304 g/mol. The zero-order chi connectivity index (χ0) is 17.1. The Morgan fingerprint density at radius 1 is 1.08 bits per heavy atom. The van der Waals surface area contributed by atoms with Crippen LogP contribution in [-0.2, 0) is 9.59 Å². The number of hydrogen-bond donors (Lipinski definition) is 1. The smallest absolute Gasteiger partial charge is 0.245 e. The van der Waals surface area contributed by atoms with Crippen molar-refractivity contribution in [3.8, 4) is 0 Å². The minimum atomic E-state index is -0.702. The molecule has 130 valence electrons. The van der Waals surface area contributed by atoms with Gasteiger partial charge in [-0.3, -0.25) is 9.59 Å². The van der Waals surface area contributed by atoms with E-state index in [1.807, 2.05) is 35.2 Å². The SMILES string of the molecule is CN1CCN(C(=O)[C@@H]2CCCN2C(=O)[C@@H](N)c2ccccc2)CC1. The Morgan fingerprint density at radius 3 is 2.42 bits per heavy atom. The van der Waals surface area contributed by atoms with E-state index in [2.05, 4.69) is 11.9 Å². The molecule has 3 rings (SSSR count). The topological polar surface area (TPSA) is 69.9 Å². The number of benzene rings is 1. The fraction of sp³-hybridized carbons (Fsp3) is 0.556. The van der Waals surface area contributed by atoms with Crippen molar-refractivity contribution in [2.75, 3.05) is 39.8 Å². The summed E-state index contributed by atoms with van der Waals surface area (Å²) in [6, 6.07) is 8.31. The van der Waals surface area contributed by atoms with Crippen molar-refractivity contribution in [1.29, 1.82) is 0 Å². The van der Waals surface area contributed by atoms with Crippen molar-refractivity contribution >= 4 is 11.8 Å². The summed E-state index contributed by atoms with van der Waals surface area (Å²) >= 11 is 0. The van der Waals surface area contributed by atoms with Gasteiger partial charge in [-0.05, 0) is 25.5 Å². The average molecular weight is 330 g/mol. The Bertz CT molecular complexity index is 584. The van der Waals surface area contributed by atoms with Gasteiger partial charge in [-0.1, -0.05) is 30.3 Å². The number of carbonyl (C=O) groups excluding carboxylic acids is 2. The summed E-state index contributed by atoms with van der Waals surface area (Å²) in [6.45, 7) is 3.85. The fourth-order valence-electron chi connectivity index (χ4n) is 3.51. The molecule has 1 aromatic rings. The van der Waals surface area contributed by atoms with Crippen LogP contribution in [0, 0.1) is 0 Å². The summed E-state index contributed by atoms with van der Waals surface area (Å²) in [7, 11) is 2.06. The van der Waals surface area contributed by atoms with Gasteiger partial charge < -0.3 is 20.4 Å². The second-order valence-corrected chi connectivity index (χ2v) is 6.71. The van der Waals surface area contributed by atoms with Crippen molar-refractivity contribution < 1.29 is 9.59 Å². The lowest BCUT2D eigenvalue weighted by Crippen LogP contribution is -2.54. The monoisotopic (exact) mass is 330 g/mol. The van der Waals surface area contributed by atoms with Gasteiger partial charge >= 0.3 is 0 Å². The van der Waals surface area contributed by atoms with Crippen LogP contribution >= 0.6 is 0 Å². The maximum Gasteiger partial charge on any atom is 0.245 e. The first-order valence-corrected chi connectivity index (χ1v) is 8.66. The lowest BCUT2D eigenvalue weighted by atomic mass is 10.1. The van der Waals surface area contributed by atoms with Gasteiger partial charge in [0.2, 0.25) is 11.8 Å². The van der Waals surface area contributed by atoms with Gasteiger partial charge in [0.25, 0.3) is 0 Å². The number of amides is 2. The molecule has 0 radical (unpaired) electrons. The predicted octanol–water partition coefficient (Wildman–Crippen LogP) is 0.451. The third kappa shape index (κ3) is 3.44. The molecule has 2 fully saturated rings. The van der Waals surface area contributed by atoms with E-state index in [9.17, 15) is 9.59 Å². The second-order valence-electron chi connectivity index (χ2n) is 6.71. The number of likely N-dealkylation sites (N-methyl/N-ethyl adjacent to an activating group) is 1. The van der Waals surface area contributed by atoms with Crippen LogP contribution in [-0.4, -0.2) is 72.3 Å². The van der Waals surface area contributed by atoms with Crippen molar-refractivity contribution in [2.45, 2.75) is 24.9 Å². The maximum absolute atomic E-state index is 12.9. The Balaban J connectivity index is 1.68. The van der Waals surface area contributed by atoms with Crippen LogP contribution < -0.4 is 5.73 Å². The van der Waals surface area contributed by atoms with Crippen molar-refractivity contribution in [3.63, 3.8) is 0 Å². The van der Waals surface area contributed by atoms with E-state index in [0.717, 1.165) is 44.6 Å². The Morgan fingerprint density at radius 2 is 1.75 bits per heavy atom. The first kappa shape index (κ1) is 16.9. The summed E-state index contributed by atoms with van der Waals surface area (Å²) in [4.78, 5) is 31.5. The van der Waals surface area contributed by atoms with Gasteiger partial charge in [0.1, 0.15) is 12.1 Å². The first-order valence-electron chi connectivity index (χ1n) is 8.66. The molecule has 2 aliphatic heterocycles. The summed E-state index contributed by atoms with van der Waals surface area (Å²) in [6.07, 6.45) is 1.59. The van der Waals surface area contributed by atoms with E-state index < -0.39 is 6.04 Å². The average Bonchev–Trinajstić information content (AvgIpc) is 3.11. The molecule has 2 heterocycles. The molecule has 2 N–H and O–H groups in total. The van der Waals surface area contributed by atoms with Crippen LogP contribution in [0.4, 0.5) is 0 Å². The highest BCUT2D eigenvalue weighted by Crippen LogP contribution is 2.24. The first-order chi connectivity index (χ1) is 11.6. The molecule has 6 nitrogen and oxygen atoms in total. The zero-order valence-electron chi connectivity index (χ0n) is 14.2. The standard InChI is InChI=1S/C18H26N4O2/c1-20-10-12-21(13-11-20)17(23)15-8-5-9-22(15)18(24)16(19)14-6-3-2-4-7-14/h2-4,6-7,15-16H,5,8-13,19H2,1H3/t15-,16-/m0/s1. The van der Waals surface area contributed by atoms with Gasteiger partial charge in [-0.2, -0.15) is 0 Å². The molecule has 0 aliphatic carbocycles. The van der Waals surface area contributed by atoms with Crippen LogP contribution in [0.3, 0.4) is 0 Å². The Labute approximate surface area is 143 Å². The van der Waals surface area contributed by atoms with Crippen LogP contribution in [0.25, 0.3) is 0 Å². The largest absolute Gasteiger partial charge is 0.338 e. The van der Waals surface area contributed by atoms with Crippen molar-refractivity contribution in [2.24, 2.45) is 5.73 Å². The summed E-state index contributed by atoms with van der Waals surface area (Å²) in [5.41, 5.74) is 6.95. The quantitative estimate of drug-likeness (QED) is 0.874. The van der Waals surface area contributed by atoms with Crippen molar-refractivity contribution in [3.05, 3.63) is 35.9 Å². The van der Waals surface area contributed by atoms with Crippen LogP contribution in [0.5, 0.6) is 0 Å². The molecule has 2 saturated heterocycles. The molecule has 0 unspecified atom stereocenters. The Kier molecular flexibility index (Phi) is 5.16. The van der Waals surface area contributed by atoms with Gasteiger partial charge in [0.05, 0.1) is 0 Å². The van der Waals surface area contributed by atoms with Gasteiger partial charge in [0, 0.05) is 32.7 Å². The van der Waals surface area contributed by atoms with E-state index in [-0.39, 0.29) is 17.9 Å². The highest BCUT2D eigenvalue weighted by atomic mass is 16.2. The minimum absolute atomic E-state index is 0.0780. The molecule has 1 aromatic carbocycles. The number of nitrogens with two attached hydrogens (primary N) is 1. The molecule has 24 heavy (non-hydrogen) atoms. The molecule has 0 bridgehead atoms. The zero-order valence-corrected chi connectivity index (χ0v) is 14.2. The third-order valence-electron chi connectivity index (χ3n) is 5.06. The number of nitrogens with zero attached hydrogens (tertiary/aromatic N) is 3. The molecule has 0 spiro atoms. The second kappa shape index (κ2) is 7.32. The molecule has 0 aromatic heterocycles. The summed E-state index contributed by atoms with van der Waals surface area (Å²) in [5, 5.41) is 0. The third-order valence-corrected chi connectivity index (χ3v) is 5.06. The molecule has 2 aliphatic rings. The number of piperazine rings is 1. The van der Waals surface area contributed by atoms with Gasteiger partial charge in [0.15, 0.2) is 0 Å². The number of rotatable bonds is 3. The number of likely N-dealkylation sites (tertiary alicyclic amines) is 1. The van der Waals surface area contributed by atoms with E-state index >= 15 is 0 Å². The predicted molar refractivity (Wildman–Crippen MR) is 92.2 cm³/mol. The molecule has 0 saturated carbocycles. The van der Waals surface area contributed by atoms with E-state index in [0.29, 0.717) is 6.54 Å². The van der Waals surface area contributed by atoms with E-state index in [1.165, 1.54) is 0 Å². The van der Waals surface area contributed by atoms with Crippen LogP contribution in [0.1, 0.15) is 24.4 Å². The van der Waals surface area contributed by atoms with Gasteiger partial charge in [-0.15, -0.1) is 0 Å². The lowest BCUT2D eigenvalue weighted by Gasteiger charge is -2.36. The molecular formula is C18H26N4O2. The van der Waals surface area contributed by atoms with E-state index in [4.69, 9.17) is 5.73 Å².